The zero-order chi connectivity index (χ0) is 24.8. The molecule has 6 rings (SSSR count). The van der Waals surface area contributed by atoms with Gasteiger partial charge in [0.1, 0.15) is 6.33 Å². The van der Waals surface area contributed by atoms with Gasteiger partial charge in [-0.1, -0.05) is 23.7 Å². The maximum atomic E-state index is 13.4. The summed E-state index contributed by atoms with van der Waals surface area (Å²) in [5, 5.41) is 21.1. The number of hydrogen-bond donors (Lipinski definition) is 1. The quantitative estimate of drug-likeness (QED) is 0.440. The normalized spacial score (nSPS) is 16.5. The number of aryl methyl sites for hydroxylation is 1. The van der Waals surface area contributed by atoms with E-state index in [1.165, 1.54) is 6.33 Å². The number of fused-ring (bicyclic) bond motifs is 1. The van der Waals surface area contributed by atoms with Crippen molar-refractivity contribution in [1.29, 1.82) is 0 Å². The van der Waals surface area contributed by atoms with E-state index in [0.717, 1.165) is 52.2 Å². The Hall–Kier alpha value is -4.37. The van der Waals surface area contributed by atoms with Crippen LogP contribution < -0.4 is 5.56 Å². The molecule has 9 nitrogen and oxygen atoms in total. The fourth-order valence-corrected chi connectivity index (χ4v) is 5.10. The molecule has 4 heterocycles. The average Bonchev–Trinajstić information content (AvgIpc) is 3.64. The Bertz CT molecular complexity index is 1620. The second-order valence-electron chi connectivity index (χ2n) is 8.75. The van der Waals surface area contributed by atoms with E-state index in [2.05, 4.69) is 20.5 Å². The number of tetrazole rings is 1. The number of carboxylic acid groups (broad SMARTS) is 1. The van der Waals surface area contributed by atoms with Crippen molar-refractivity contribution in [2.75, 3.05) is 0 Å². The van der Waals surface area contributed by atoms with Gasteiger partial charge in [-0.25, -0.2) is 4.79 Å². The van der Waals surface area contributed by atoms with E-state index in [1.54, 1.807) is 41.1 Å². The molecule has 2 aliphatic rings. The van der Waals surface area contributed by atoms with Crippen molar-refractivity contribution in [1.82, 2.24) is 24.8 Å². The van der Waals surface area contributed by atoms with E-state index in [0.29, 0.717) is 11.4 Å². The number of pyridine rings is 1. The van der Waals surface area contributed by atoms with Crippen molar-refractivity contribution in [2.45, 2.75) is 25.3 Å². The Morgan fingerprint density at radius 1 is 1.06 bits per heavy atom. The van der Waals surface area contributed by atoms with Gasteiger partial charge in [0, 0.05) is 40.7 Å². The molecular weight excluding hydrogens is 480 g/mol. The minimum Gasteiger partial charge on any atom is -0.478 e. The van der Waals surface area contributed by atoms with Gasteiger partial charge in [-0.15, -0.1) is 5.10 Å². The number of benzene rings is 2. The van der Waals surface area contributed by atoms with Gasteiger partial charge in [-0.05, 0) is 76.4 Å². The van der Waals surface area contributed by atoms with Crippen molar-refractivity contribution in [3.8, 4) is 16.8 Å². The van der Waals surface area contributed by atoms with E-state index in [9.17, 15) is 9.59 Å². The van der Waals surface area contributed by atoms with Crippen molar-refractivity contribution < 1.29 is 9.90 Å². The molecule has 0 saturated heterocycles. The first-order valence-corrected chi connectivity index (χ1v) is 11.7. The maximum Gasteiger partial charge on any atom is 0.335 e. The molecule has 0 amide bonds. The number of carbonyl (C=O) groups is 1. The summed E-state index contributed by atoms with van der Waals surface area (Å²) < 4.78 is 3.37. The van der Waals surface area contributed by atoms with Crippen molar-refractivity contribution >= 4 is 28.9 Å². The van der Waals surface area contributed by atoms with Crippen LogP contribution in [0.3, 0.4) is 0 Å². The van der Waals surface area contributed by atoms with Crippen LogP contribution in [0, 0.1) is 0 Å². The summed E-state index contributed by atoms with van der Waals surface area (Å²) >= 11 is 6.29. The molecule has 2 aromatic carbocycles. The molecule has 36 heavy (non-hydrogen) atoms. The predicted molar refractivity (Wildman–Crippen MR) is 135 cm³/mol. The summed E-state index contributed by atoms with van der Waals surface area (Å²) in [5.74, 6) is -0.956. The summed E-state index contributed by atoms with van der Waals surface area (Å²) in [6.45, 7) is 0. The largest absolute Gasteiger partial charge is 0.478 e. The van der Waals surface area contributed by atoms with Crippen LogP contribution in [-0.2, 0) is 6.42 Å². The third-order valence-electron chi connectivity index (χ3n) is 6.64. The molecule has 1 unspecified atom stereocenters. The lowest BCUT2D eigenvalue weighted by molar-refractivity contribution is 0.0697. The molecule has 0 radical (unpaired) electrons. The van der Waals surface area contributed by atoms with Crippen LogP contribution in [0.4, 0.5) is 0 Å². The predicted octanol–water partition coefficient (Wildman–Crippen LogP) is 4.22. The van der Waals surface area contributed by atoms with E-state index in [4.69, 9.17) is 16.7 Å². The van der Waals surface area contributed by atoms with Gasteiger partial charge >= 0.3 is 5.97 Å². The molecule has 0 fully saturated rings. The summed E-state index contributed by atoms with van der Waals surface area (Å²) in [6.07, 6.45) is 5.46. The van der Waals surface area contributed by atoms with Gasteiger partial charge in [0.2, 0.25) is 0 Å². The molecule has 0 aliphatic carbocycles. The third-order valence-corrected chi connectivity index (χ3v) is 6.88. The maximum absolute atomic E-state index is 13.4. The van der Waals surface area contributed by atoms with Gasteiger partial charge in [-0.2, -0.15) is 4.68 Å². The zero-order valence-corrected chi connectivity index (χ0v) is 19.6. The van der Waals surface area contributed by atoms with E-state index >= 15 is 0 Å². The lowest BCUT2D eigenvalue weighted by atomic mass is 9.98. The van der Waals surface area contributed by atoms with Crippen LogP contribution in [0.25, 0.3) is 22.4 Å². The van der Waals surface area contributed by atoms with Crippen LogP contribution in [0.2, 0.25) is 5.02 Å². The minimum atomic E-state index is -0.956. The summed E-state index contributed by atoms with van der Waals surface area (Å²) in [4.78, 5) is 29.1. The molecular formula is C26H19ClN6O3. The highest BCUT2D eigenvalue weighted by molar-refractivity contribution is 6.31. The minimum absolute atomic E-state index is 0.102. The fraction of sp³-hybridized carbons (Fsp3) is 0.154. The highest BCUT2D eigenvalue weighted by Crippen LogP contribution is 2.36. The van der Waals surface area contributed by atoms with E-state index in [1.807, 2.05) is 29.0 Å². The molecule has 2 aromatic heterocycles. The number of aromatic carboxylic acids is 1. The summed E-state index contributed by atoms with van der Waals surface area (Å²) in [5.41, 5.74) is 6.19. The molecule has 0 bridgehead atoms. The molecule has 178 valence electrons. The number of hydrogen-bond acceptors (Lipinski definition) is 6. The molecule has 4 aromatic rings. The third kappa shape index (κ3) is 3.83. The number of carboxylic acids is 1. The average molecular weight is 499 g/mol. The van der Waals surface area contributed by atoms with Crippen molar-refractivity contribution in [2.24, 2.45) is 4.99 Å². The van der Waals surface area contributed by atoms with Crippen LogP contribution in [-0.4, -0.2) is 41.6 Å². The number of allylic oxidation sites excluding steroid dienone is 1. The van der Waals surface area contributed by atoms with Crippen LogP contribution >= 0.6 is 11.6 Å². The lowest BCUT2D eigenvalue weighted by Gasteiger charge is -2.17. The first-order chi connectivity index (χ1) is 17.5. The van der Waals surface area contributed by atoms with Gasteiger partial charge in [-0.3, -0.25) is 9.79 Å². The smallest absolute Gasteiger partial charge is 0.335 e. The second-order valence-corrected chi connectivity index (χ2v) is 9.18. The first kappa shape index (κ1) is 22.1. The first-order valence-electron chi connectivity index (χ1n) is 11.4. The van der Waals surface area contributed by atoms with Gasteiger partial charge in [0.05, 0.1) is 17.3 Å². The van der Waals surface area contributed by atoms with Crippen LogP contribution in [0.5, 0.6) is 0 Å². The second kappa shape index (κ2) is 8.69. The molecule has 1 atom stereocenters. The van der Waals surface area contributed by atoms with Gasteiger partial charge in [0.15, 0.2) is 0 Å². The standard InChI is InChI=1S/C26H19ClN6O3/c27-19-5-7-23(32-14-29-30-31-32)21(12-19)17-9-20-6-8-24(33(20)25(34)11-17)22-10-18(13-28-22)15-1-3-16(4-2-15)26(35)36/h1-5,7,9,11-14,24H,6,8,10H2,(H,35,36). The monoisotopic (exact) mass is 498 g/mol. The fourth-order valence-electron chi connectivity index (χ4n) is 4.93. The number of rotatable bonds is 5. The Labute approximate surface area is 210 Å². The molecule has 0 spiro atoms. The van der Waals surface area contributed by atoms with Crippen molar-refractivity contribution in [3.05, 3.63) is 99.3 Å². The molecule has 0 saturated carbocycles. The van der Waals surface area contributed by atoms with E-state index in [-0.39, 0.29) is 17.2 Å². The Morgan fingerprint density at radius 3 is 2.64 bits per heavy atom. The van der Waals surface area contributed by atoms with Gasteiger partial charge in [0.25, 0.3) is 5.56 Å². The SMILES string of the molecule is O=C(O)c1ccc(C2=CN=C(C3CCc4cc(-c5cc(Cl)ccc5-n5cnnn5)cc(=O)n43)C2)cc1. The van der Waals surface area contributed by atoms with Gasteiger partial charge < -0.3 is 9.67 Å². The highest BCUT2D eigenvalue weighted by atomic mass is 35.5. The van der Waals surface area contributed by atoms with E-state index < -0.39 is 5.97 Å². The number of halogens is 1. The molecule has 2 aliphatic heterocycles. The van der Waals surface area contributed by atoms with Crippen molar-refractivity contribution in [3.63, 3.8) is 0 Å². The number of aromatic nitrogens is 5. The highest BCUT2D eigenvalue weighted by Gasteiger charge is 2.30. The summed E-state index contributed by atoms with van der Waals surface area (Å²) in [6, 6.07) is 15.7. The molecule has 10 heteroatoms. The Kier molecular flexibility index (Phi) is 5.34. The molecule has 1 N–H and O–H groups in total. The van der Waals surface area contributed by atoms with Crippen LogP contribution in [0.15, 0.2) is 76.9 Å². The van der Waals surface area contributed by atoms with Crippen LogP contribution in [0.1, 0.15) is 40.5 Å². The zero-order valence-electron chi connectivity index (χ0n) is 18.9. The summed E-state index contributed by atoms with van der Waals surface area (Å²) in [7, 11) is 0. The lowest BCUT2D eigenvalue weighted by Crippen LogP contribution is -2.27. The number of aliphatic imine (C=N–C) groups is 1. The Balaban J connectivity index is 1.29. The Morgan fingerprint density at radius 2 is 1.89 bits per heavy atom. The topological polar surface area (TPSA) is 115 Å². The number of nitrogens with zero attached hydrogens (tertiary/aromatic N) is 6.